The Morgan fingerprint density at radius 2 is 1.87 bits per heavy atom. The molecule has 0 fully saturated rings. The molecule has 0 aliphatic heterocycles. The van der Waals surface area contributed by atoms with Crippen molar-refractivity contribution < 1.29 is 4.74 Å². The van der Waals surface area contributed by atoms with Crippen molar-refractivity contribution in [2.45, 2.75) is 19.6 Å². The van der Waals surface area contributed by atoms with Crippen LogP contribution in [0.2, 0.25) is 0 Å². The molecule has 0 radical (unpaired) electrons. The number of nitrogens with one attached hydrogen (secondary N) is 2. The average Bonchev–Trinajstić information content (AvgIpc) is 2.59. The zero-order valence-corrected chi connectivity index (χ0v) is 14.0. The zero-order chi connectivity index (χ0) is 16.5. The van der Waals surface area contributed by atoms with Crippen LogP contribution in [-0.4, -0.2) is 26.7 Å². The fourth-order valence-corrected chi connectivity index (χ4v) is 2.42. The van der Waals surface area contributed by atoms with Crippen molar-refractivity contribution in [3.8, 4) is 0 Å². The van der Waals surface area contributed by atoms with Crippen LogP contribution in [0.3, 0.4) is 0 Å². The van der Waals surface area contributed by atoms with Gasteiger partial charge in [-0.25, -0.2) is 0 Å². The molecular formula is C19H25N3O. The van der Waals surface area contributed by atoms with Crippen LogP contribution in [0.15, 0.2) is 59.6 Å². The van der Waals surface area contributed by atoms with Crippen LogP contribution in [0.5, 0.6) is 0 Å². The molecule has 1 atom stereocenters. The van der Waals surface area contributed by atoms with E-state index in [1.165, 1.54) is 11.1 Å². The summed E-state index contributed by atoms with van der Waals surface area (Å²) in [6, 6.07) is 18.6. The molecule has 1 unspecified atom stereocenters. The Kier molecular flexibility index (Phi) is 6.63. The average molecular weight is 311 g/mol. The maximum absolute atomic E-state index is 5.56. The molecule has 0 aromatic heterocycles. The fourth-order valence-electron chi connectivity index (χ4n) is 2.42. The first-order valence-electron chi connectivity index (χ1n) is 7.80. The molecule has 122 valence electrons. The second-order valence-electron chi connectivity index (χ2n) is 5.43. The summed E-state index contributed by atoms with van der Waals surface area (Å²) in [6.07, 6.45) is -0.00582. The monoisotopic (exact) mass is 311 g/mol. The molecule has 4 heteroatoms. The van der Waals surface area contributed by atoms with Gasteiger partial charge in [-0.1, -0.05) is 60.2 Å². The Hall–Kier alpha value is -2.33. The van der Waals surface area contributed by atoms with E-state index in [0.29, 0.717) is 6.54 Å². The van der Waals surface area contributed by atoms with Gasteiger partial charge in [0, 0.05) is 27.2 Å². The van der Waals surface area contributed by atoms with Crippen molar-refractivity contribution >= 4 is 5.96 Å². The number of guanidine groups is 1. The molecule has 0 aliphatic carbocycles. The predicted octanol–water partition coefficient (Wildman–Crippen LogP) is 3.05. The summed E-state index contributed by atoms with van der Waals surface area (Å²) in [5.41, 5.74) is 3.65. The van der Waals surface area contributed by atoms with Gasteiger partial charge in [-0.05, 0) is 18.1 Å². The van der Waals surface area contributed by atoms with Gasteiger partial charge >= 0.3 is 0 Å². The topological polar surface area (TPSA) is 45.7 Å². The van der Waals surface area contributed by atoms with Crippen molar-refractivity contribution in [3.63, 3.8) is 0 Å². The summed E-state index contributed by atoms with van der Waals surface area (Å²) in [7, 11) is 3.50. The van der Waals surface area contributed by atoms with Crippen LogP contribution >= 0.6 is 0 Å². The van der Waals surface area contributed by atoms with Crippen LogP contribution in [0, 0.1) is 6.92 Å². The highest BCUT2D eigenvalue weighted by molar-refractivity contribution is 5.79. The maximum Gasteiger partial charge on any atom is 0.191 e. The maximum atomic E-state index is 5.56. The van der Waals surface area contributed by atoms with Gasteiger partial charge in [0.05, 0.1) is 6.10 Å². The van der Waals surface area contributed by atoms with Crippen molar-refractivity contribution in [1.82, 2.24) is 10.6 Å². The van der Waals surface area contributed by atoms with Gasteiger partial charge in [0.2, 0.25) is 0 Å². The van der Waals surface area contributed by atoms with Crippen molar-refractivity contribution in [2.24, 2.45) is 4.99 Å². The summed E-state index contributed by atoms with van der Waals surface area (Å²) in [5, 5.41) is 6.64. The van der Waals surface area contributed by atoms with Gasteiger partial charge in [-0.2, -0.15) is 0 Å². The Balaban J connectivity index is 1.87. The van der Waals surface area contributed by atoms with E-state index < -0.39 is 0 Å². The highest BCUT2D eigenvalue weighted by Crippen LogP contribution is 2.14. The molecular weight excluding hydrogens is 286 g/mol. The molecule has 2 aromatic carbocycles. The van der Waals surface area contributed by atoms with Crippen molar-refractivity contribution in [1.29, 1.82) is 0 Å². The molecule has 0 spiro atoms. The summed E-state index contributed by atoms with van der Waals surface area (Å²) >= 11 is 0. The normalized spacial score (nSPS) is 12.7. The van der Waals surface area contributed by atoms with Crippen LogP contribution < -0.4 is 10.6 Å². The van der Waals surface area contributed by atoms with Crippen molar-refractivity contribution in [3.05, 3.63) is 71.3 Å². The molecule has 4 nitrogen and oxygen atoms in total. The van der Waals surface area contributed by atoms with E-state index in [1.54, 1.807) is 14.2 Å². The Labute approximate surface area is 138 Å². The van der Waals surface area contributed by atoms with Crippen molar-refractivity contribution in [2.75, 3.05) is 20.7 Å². The van der Waals surface area contributed by atoms with Gasteiger partial charge in [0.25, 0.3) is 0 Å². The van der Waals surface area contributed by atoms with Gasteiger partial charge < -0.3 is 15.4 Å². The number of aryl methyl sites for hydroxylation is 1. The lowest BCUT2D eigenvalue weighted by molar-refractivity contribution is 0.106. The van der Waals surface area contributed by atoms with Crippen LogP contribution in [0.25, 0.3) is 0 Å². The van der Waals surface area contributed by atoms with Gasteiger partial charge in [0.15, 0.2) is 5.96 Å². The quantitative estimate of drug-likeness (QED) is 0.637. The number of rotatable bonds is 6. The Bertz CT molecular complexity index is 626. The summed E-state index contributed by atoms with van der Waals surface area (Å²) in [6.45, 7) is 3.50. The number of hydrogen-bond acceptors (Lipinski definition) is 2. The van der Waals surface area contributed by atoms with Crippen LogP contribution in [0.4, 0.5) is 0 Å². The van der Waals surface area contributed by atoms with Gasteiger partial charge in [0.1, 0.15) is 0 Å². The Morgan fingerprint density at radius 3 is 2.52 bits per heavy atom. The SMILES string of the molecule is CN=C(NCc1cccc(C)c1)NCC(OC)c1ccccc1. The minimum absolute atomic E-state index is 0.00582. The third-order valence-corrected chi connectivity index (χ3v) is 3.68. The number of ether oxygens (including phenoxy) is 1. The molecule has 0 saturated carbocycles. The van der Waals surface area contributed by atoms with E-state index in [-0.39, 0.29) is 6.10 Å². The molecule has 0 saturated heterocycles. The van der Waals surface area contributed by atoms with E-state index in [9.17, 15) is 0 Å². The highest BCUT2D eigenvalue weighted by atomic mass is 16.5. The second kappa shape index (κ2) is 8.96. The lowest BCUT2D eigenvalue weighted by Crippen LogP contribution is -2.39. The molecule has 2 rings (SSSR count). The standard InChI is InChI=1S/C19H25N3O/c1-15-8-7-9-16(12-15)13-21-19(20-2)22-14-18(23-3)17-10-5-4-6-11-17/h4-12,18H,13-14H2,1-3H3,(H2,20,21,22). The number of aliphatic imine (C=N–C) groups is 1. The first-order valence-corrected chi connectivity index (χ1v) is 7.80. The summed E-state index contributed by atoms with van der Waals surface area (Å²) < 4.78 is 5.56. The van der Waals surface area contributed by atoms with E-state index in [4.69, 9.17) is 4.74 Å². The van der Waals surface area contributed by atoms with Crippen LogP contribution in [0.1, 0.15) is 22.8 Å². The number of nitrogens with zero attached hydrogens (tertiary/aromatic N) is 1. The number of benzene rings is 2. The smallest absolute Gasteiger partial charge is 0.191 e. The lowest BCUT2D eigenvalue weighted by atomic mass is 10.1. The first kappa shape index (κ1) is 17.0. The minimum Gasteiger partial charge on any atom is -0.375 e. The van der Waals surface area contributed by atoms with Gasteiger partial charge in [-0.3, -0.25) is 4.99 Å². The largest absolute Gasteiger partial charge is 0.375 e. The lowest BCUT2D eigenvalue weighted by Gasteiger charge is -2.18. The van der Waals surface area contributed by atoms with Gasteiger partial charge in [-0.15, -0.1) is 0 Å². The Morgan fingerprint density at radius 1 is 1.09 bits per heavy atom. The molecule has 0 amide bonds. The predicted molar refractivity (Wildman–Crippen MR) is 95.6 cm³/mol. The molecule has 23 heavy (non-hydrogen) atoms. The van der Waals surface area contributed by atoms with E-state index in [0.717, 1.165) is 18.1 Å². The molecule has 0 heterocycles. The molecule has 2 aromatic rings. The van der Waals surface area contributed by atoms with E-state index in [2.05, 4.69) is 58.9 Å². The third kappa shape index (κ3) is 5.42. The van der Waals surface area contributed by atoms with Crippen LogP contribution in [-0.2, 0) is 11.3 Å². The summed E-state index contributed by atoms with van der Waals surface area (Å²) in [5.74, 6) is 0.768. The fraction of sp³-hybridized carbons (Fsp3) is 0.316. The zero-order valence-electron chi connectivity index (χ0n) is 14.0. The first-order chi connectivity index (χ1) is 11.2. The molecule has 0 bridgehead atoms. The number of methoxy groups -OCH3 is 1. The molecule has 2 N–H and O–H groups in total. The minimum atomic E-state index is -0.00582. The third-order valence-electron chi connectivity index (χ3n) is 3.68. The van der Waals surface area contributed by atoms with E-state index in [1.807, 2.05) is 18.2 Å². The second-order valence-corrected chi connectivity index (χ2v) is 5.43. The highest BCUT2D eigenvalue weighted by Gasteiger charge is 2.10. The molecule has 0 aliphatic rings. The van der Waals surface area contributed by atoms with E-state index >= 15 is 0 Å². The number of hydrogen-bond donors (Lipinski definition) is 2. The summed E-state index contributed by atoms with van der Waals surface area (Å²) in [4.78, 5) is 4.26.